The van der Waals surface area contributed by atoms with Gasteiger partial charge in [-0.15, -0.1) is 0 Å². The molecule has 0 aliphatic heterocycles. The third-order valence-corrected chi connectivity index (χ3v) is 4.82. The number of nitrogens with two attached hydrogens (primary N) is 2. The SMILES string of the molecule is NC(=O)c1cnc(-n2ncc3c(C(N)=O)cccc32)nc1NCc1cccc(B(O)O)c1. The maximum absolute atomic E-state index is 11.9. The first-order valence-corrected chi connectivity index (χ1v) is 9.47. The molecule has 4 aromatic rings. The van der Waals surface area contributed by atoms with Crippen LogP contribution in [0.15, 0.2) is 54.9 Å². The van der Waals surface area contributed by atoms with Gasteiger partial charge in [0.25, 0.3) is 11.9 Å². The summed E-state index contributed by atoms with van der Waals surface area (Å²) in [5, 5.41) is 26.5. The predicted octanol–water partition coefficient (Wildman–Crippen LogP) is -0.695. The number of carbonyl (C=O) groups is 2. The minimum absolute atomic E-state index is 0.0707. The maximum Gasteiger partial charge on any atom is 0.488 e. The van der Waals surface area contributed by atoms with E-state index < -0.39 is 18.9 Å². The highest BCUT2D eigenvalue weighted by atomic mass is 16.4. The molecule has 0 saturated carbocycles. The number of amides is 2. The van der Waals surface area contributed by atoms with Crippen molar-refractivity contribution in [2.45, 2.75) is 6.54 Å². The molecule has 0 bridgehead atoms. The van der Waals surface area contributed by atoms with Crippen LogP contribution in [0.2, 0.25) is 0 Å². The van der Waals surface area contributed by atoms with Crippen molar-refractivity contribution in [3.05, 3.63) is 71.5 Å². The topological polar surface area (TPSA) is 182 Å². The van der Waals surface area contributed by atoms with Crippen molar-refractivity contribution in [3.8, 4) is 5.95 Å². The lowest BCUT2D eigenvalue weighted by molar-refractivity contribution is 0.0992. The van der Waals surface area contributed by atoms with Crippen molar-refractivity contribution in [1.82, 2.24) is 19.7 Å². The number of nitrogens with one attached hydrogen (secondary N) is 1. The molecule has 7 N–H and O–H groups in total. The number of rotatable bonds is 7. The summed E-state index contributed by atoms with van der Waals surface area (Å²) in [7, 11) is -1.60. The Labute approximate surface area is 181 Å². The average molecular weight is 431 g/mol. The van der Waals surface area contributed by atoms with Gasteiger partial charge in [-0.05, 0) is 23.2 Å². The smallest absolute Gasteiger partial charge is 0.423 e. The van der Waals surface area contributed by atoms with Crippen LogP contribution in [0.25, 0.3) is 16.9 Å². The largest absolute Gasteiger partial charge is 0.488 e. The van der Waals surface area contributed by atoms with Crippen molar-refractivity contribution in [2.75, 3.05) is 5.32 Å². The van der Waals surface area contributed by atoms with E-state index in [1.54, 1.807) is 42.5 Å². The number of primary amides is 2. The fourth-order valence-corrected chi connectivity index (χ4v) is 3.26. The van der Waals surface area contributed by atoms with Crippen LogP contribution in [0.3, 0.4) is 0 Å². The summed E-state index contributed by atoms with van der Waals surface area (Å²) in [4.78, 5) is 32.1. The number of carbonyl (C=O) groups excluding carboxylic acids is 2. The van der Waals surface area contributed by atoms with E-state index >= 15 is 0 Å². The number of fused-ring (bicyclic) bond motifs is 1. The van der Waals surface area contributed by atoms with E-state index in [2.05, 4.69) is 20.4 Å². The van der Waals surface area contributed by atoms with Gasteiger partial charge in [0.05, 0.1) is 22.8 Å². The molecule has 0 atom stereocenters. The molecule has 2 aromatic carbocycles. The molecule has 11 nitrogen and oxygen atoms in total. The second-order valence-electron chi connectivity index (χ2n) is 6.93. The summed E-state index contributed by atoms with van der Waals surface area (Å²) >= 11 is 0. The molecule has 2 heterocycles. The molecule has 0 radical (unpaired) electrons. The first-order valence-electron chi connectivity index (χ1n) is 9.47. The number of benzene rings is 2. The molecule has 32 heavy (non-hydrogen) atoms. The minimum Gasteiger partial charge on any atom is -0.423 e. The van der Waals surface area contributed by atoms with Crippen LogP contribution in [0, 0.1) is 0 Å². The van der Waals surface area contributed by atoms with Gasteiger partial charge in [-0.1, -0.05) is 30.3 Å². The Balaban J connectivity index is 1.71. The van der Waals surface area contributed by atoms with Crippen molar-refractivity contribution in [2.24, 2.45) is 11.5 Å². The average Bonchev–Trinajstić information content (AvgIpc) is 3.21. The van der Waals surface area contributed by atoms with Gasteiger partial charge in [-0.25, -0.2) is 4.98 Å². The molecule has 2 amide bonds. The second-order valence-corrected chi connectivity index (χ2v) is 6.93. The molecule has 2 aromatic heterocycles. The highest BCUT2D eigenvalue weighted by Gasteiger charge is 2.17. The summed E-state index contributed by atoms with van der Waals surface area (Å²) in [6, 6.07) is 11.6. The zero-order valence-electron chi connectivity index (χ0n) is 16.6. The molecular formula is C20H18BN7O4. The Bertz CT molecular complexity index is 1340. The van der Waals surface area contributed by atoms with E-state index in [1.807, 2.05) is 0 Å². The number of anilines is 1. The summed E-state index contributed by atoms with van der Waals surface area (Å²) in [5.74, 6) is -0.988. The lowest BCUT2D eigenvalue weighted by atomic mass is 9.80. The van der Waals surface area contributed by atoms with Crippen molar-refractivity contribution < 1.29 is 19.6 Å². The van der Waals surface area contributed by atoms with Crippen molar-refractivity contribution >= 4 is 41.1 Å². The molecule has 4 rings (SSSR count). The number of hydrogen-bond acceptors (Lipinski definition) is 8. The highest BCUT2D eigenvalue weighted by molar-refractivity contribution is 6.58. The van der Waals surface area contributed by atoms with Gasteiger partial charge < -0.3 is 26.8 Å². The van der Waals surface area contributed by atoms with Crippen molar-refractivity contribution in [1.29, 1.82) is 0 Å². The number of nitrogens with zero attached hydrogens (tertiary/aromatic N) is 4. The molecular weight excluding hydrogens is 413 g/mol. The van der Waals surface area contributed by atoms with E-state index in [1.165, 1.54) is 17.1 Å². The second kappa shape index (κ2) is 8.45. The van der Waals surface area contributed by atoms with Crippen LogP contribution in [0.5, 0.6) is 0 Å². The fourth-order valence-electron chi connectivity index (χ4n) is 3.26. The Morgan fingerprint density at radius 2 is 1.78 bits per heavy atom. The Hall–Kier alpha value is -4.29. The highest BCUT2D eigenvalue weighted by Crippen LogP contribution is 2.22. The Kier molecular flexibility index (Phi) is 5.54. The Morgan fingerprint density at radius 3 is 2.50 bits per heavy atom. The molecule has 12 heteroatoms. The van der Waals surface area contributed by atoms with Gasteiger partial charge >= 0.3 is 7.12 Å². The van der Waals surface area contributed by atoms with E-state index in [9.17, 15) is 19.6 Å². The molecule has 0 aliphatic carbocycles. The number of hydrogen-bond donors (Lipinski definition) is 5. The van der Waals surface area contributed by atoms with E-state index in [-0.39, 0.29) is 23.9 Å². The van der Waals surface area contributed by atoms with Gasteiger partial charge in [0, 0.05) is 18.1 Å². The first-order chi connectivity index (χ1) is 15.3. The molecule has 0 fully saturated rings. The zero-order valence-corrected chi connectivity index (χ0v) is 16.6. The van der Waals surface area contributed by atoms with Crippen LogP contribution in [0.4, 0.5) is 5.82 Å². The van der Waals surface area contributed by atoms with Crippen LogP contribution in [0.1, 0.15) is 26.3 Å². The fraction of sp³-hybridized carbons (Fsp3) is 0.0500. The third kappa shape index (κ3) is 3.99. The van der Waals surface area contributed by atoms with Crippen LogP contribution < -0.4 is 22.2 Å². The monoisotopic (exact) mass is 431 g/mol. The van der Waals surface area contributed by atoms with E-state index in [4.69, 9.17) is 11.5 Å². The normalized spacial score (nSPS) is 10.8. The summed E-state index contributed by atoms with van der Waals surface area (Å²) in [6.45, 7) is 0.225. The summed E-state index contributed by atoms with van der Waals surface area (Å²) < 4.78 is 1.42. The van der Waals surface area contributed by atoms with Gasteiger partial charge in [0.15, 0.2) is 0 Å². The molecule has 0 spiro atoms. The molecule has 0 unspecified atom stereocenters. The van der Waals surface area contributed by atoms with E-state index in [0.29, 0.717) is 21.9 Å². The van der Waals surface area contributed by atoms with Crippen molar-refractivity contribution in [3.63, 3.8) is 0 Å². The predicted molar refractivity (Wildman–Crippen MR) is 117 cm³/mol. The third-order valence-electron chi connectivity index (χ3n) is 4.82. The molecule has 0 aliphatic rings. The lowest BCUT2D eigenvalue weighted by Crippen LogP contribution is -2.30. The van der Waals surface area contributed by atoms with Crippen LogP contribution in [-0.2, 0) is 6.54 Å². The van der Waals surface area contributed by atoms with Crippen LogP contribution >= 0.6 is 0 Å². The van der Waals surface area contributed by atoms with Crippen LogP contribution in [-0.4, -0.2) is 48.7 Å². The van der Waals surface area contributed by atoms with Gasteiger partial charge in [-0.2, -0.15) is 14.8 Å². The quantitative estimate of drug-likeness (QED) is 0.238. The van der Waals surface area contributed by atoms with Gasteiger partial charge in [-0.3, -0.25) is 9.59 Å². The first kappa shape index (κ1) is 21.0. The summed E-state index contributed by atoms with van der Waals surface area (Å²) in [5.41, 5.74) is 12.9. The summed E-state index contributed by atoms with van der Waals surface area (Å²) in [6.07, 6.45) is 2.77. The zero-order chi connectivity index (χ0) is 22.8. The van der Waals surface area contributed by atoms with Gasteiger partial charge in [0.1, 0.15) is 5.82 Å². The number of aromatic nitrogens is 4. The standard InChI is InChI=1S/C20H18BN7O4/c22-17(29)13-5-2-6-16-14(13)10-26-28(16)20-25-9-15(18(23)30)19(27-20)24-8-11-3-1-4-12(7-11)21(31)32/h1-7,9-10,31-32H,8H2,(H2,22,29)(H2,23,30)(H,24,25,27). The molecule has 160 valence electrons. The Morgan fingerprint density at radius 1 is 1.03 bits per heavy atom. The van der Waals surface area contributed by atoms with E-state index in [0.717, 1.165) is 5.56 Å². The lowest BCUT2D eigenvalue weighted by Gasteiger charge is -2.12. The van der Waals surface area contributed by atoms with Gasteiger partial charge in [0.2, 0.25) is 5.91 Å². The minimum atomic E-state index is -1.60. The molecule has 0 saturated heterocycles. The maximum atomic E-state index is 11.9.